The average molecular weight is 303 g/mol. The normalized spacial score (nSPS) is 23.5. The first-order valence-corrected chi connectivity index (χ1v) is 6.90. The number of nitrogens with zero attached hydrogens (tertiary/aromatic N) is 1. The Bertz CT molecular complexity index is 700. The Morgan fingerprint density at radius 1 is 0.955 bits per heavy atom. The Balaban J connectivity index is 2.01. The van der Waals surface area contributed by atoms with Gasteiger partial charge in [0, 0.05) is 5.56 Å². The van der Waals surface area contributed by atoms with Gasteiger partial charge >= 0.3 is 6.09 Å². The van der Waals surface area contributed by atoms with Crippen LogP contribution in [0.3, 0.4) is 0 Å². The molecule has 1 fully saturated rings. The first-order valence-electron chi connectivity index (χ1n) is 6.90. The zero-order valence-corrected chi connectivity index (χ0v) is 12.2. The van der Waals surface area contributed by atoms with Crippen molar-refractivity contribution < 1.29 is 18.4 Å². The lowest BCUT2D eigenvalue weighted by atomic mass is 9.88. The van der Waals surface area contributed by atoms with Gasteiger partial charge in [-0.05, 0) is 25.0 Å². The summed E-state index contributed by atoms with van der Waals surface area (Å²) in [6.07, 6.45) is -1.32. The maximum Gasteiger partial charge on any atom is 0.442 e. The van der Waals surface area contributed by atoms with E-state index in [0.717, 1.165) is 11.1 Å². The molecule has 0 saturated carbocycles. The monoisotopic (exact) mass is 303 g/mol. The molecule has 1 aliphatic rings. The van der Waals surface area contributed by atoms with Crippen LogP contribution < -0.4 is 0 Å². The second kappa shape index (κ2) is 4.80. The molecule has 1 heterocycles. The van der Waals surface area contributed by atoms with Crippen LogP contribution in [0.5, 0.6) is 0 Å². The van der Waals surface area contributed by atoms with Crippen molar-refractivity contribution >= 4 is 6.09 Å². The molecule has 1 unspecified atom stereocenters. The van der Waals surface area contributed by atoms with Crippen molar-refractivity contribution in [2.75, 3.05) is 0 Å². The van der Waals surface area contributed by atoms with Gasteiger partial charge < -0.3 is 4.74 Å². The van der Waals surface area contributed by atoms with E-state index in [0.29, 0.717) is 0 Å². The molecule has 1 saturated heterocycles. The van der Waals surface area contributed by atoms with E-state index in [2.05, 4.69) is 0 Å². The Hall–Kier alpha value is -2.43. The van der Waals surface area contributed by atoms with Gasteiger partial charge in [-0.25, -0.2) is 9.18 Å². The van der Waals surface area contributed by atoms with Crippen LogP contribution >= 0.6 is 0 Å². The molecular weight excluding hydrogens is 288 g/mol. The lowest BCUT2D eigenvalue weighted by Gasteiger charge is -2.31. The SMILES string of the molecule is CC1(C)OC(=O)N(F)C1(F)c1ccc(-c2ccccc2)cc1. The van der Waals surface area contributed by atoms with Gasteiger partial charge in [-0.1, -0.05) is 64.2 Å². The van der Waals surface area contributed by atoms with Crippen molar-refractivity contribution in [3.8, 4) is 11.1 Å². The number of alkyl halides is 1. The van der Waals surface area contributed by atoms with E-state index >= 15 is 4.39 Å². The lowest BCUT2D eigenvalue weighted by molar-refractivity contribution is -0.148. The van der Waals surface area contributed by atoms with Gasteiger partial charge in [-0.15, -0.1) is 0 Å². The molecular formula is C17H15F2NO2. The second-order valence-corrected chi connectivity index (χ2v) is 5.72. The second-order valence-electron chi connectivity index (χ2n) is 5.72. The highest BCUT2D eigenvalue weighted by Gasteiger charge is 2.64. The van der Waals surface area contributed by atoms with Gasteiger partial charge in [-0.2, -0.15) is 0 Å². The van der Waals surface area contributed by atoms with Crippen molar-refractivity contribution in [2.45, 2.75) is 25.2 Å². The maximum atomic E-state index is 15.2. The molecule has 0 aliphatic carbocycles. The highest BCUT2D eigenvalue weighted by molar-refractivity contribution is 5.72. The minimum absolute atomic E-state index is 0.0329. The quantitative estimate of drug-likeness (QED) is 0.600. The summed E-state index contributed by atoms with van der Waals surface area (Å²) in [5, 5.41) is -0.482. The van der Waals surface area contributed by atoms with Crippen molar-refractivity contribution in [3.63, 3.8) is 0 Å². The van der Waals surface area contributed by atoms with Crippen molar-refractivity contribution in [2.24, 2.45) is 0 Å². The molecule has 0 spiro atoms. The number of amides is 1. The summed E-state index contributed by atoms with van der Waals surface area (Å²) < 4.78 is 33.9. The molecule has 3 rings (SSSR count). The maximum absolute atomic E-state index is 15.2. The van der Waals surface area contributed by atoms with Crippen molar-refractivity contribution in [1.82, 2.24) is 5.12 Å². The summed E-state index contributed by atoms with van der Waals surface area (Å²) in [4.78, 5) is 11.4. The summed E-state index contributed by atoms with van der Waals surface area (Å²) in [6, 6.07) is 15.9. The first-order chi connectivity index (χ1) is 10.4. The molecule has 114 valence electrons. The number of ether oxygens (including phenoxy) is 1. The van der Waals surface area contributed by atoms with Gasteiger partial charge in [0.2, 0.25) is 0 Å². The minimum Gasteiger partial charge on any atom is -0.436 e. The van der Waals surface area contributed by atoms with E-state index in [4.69, 9.17) is 4.74 Å². The zero-order chi connectivity index (χ0) is 16.0. The Morgan fingerprint density at radius 3 is 2.00 bits per heavy atom. The molecule has 0 bridgehead atoms. The molecule has 0 aromatic heterocycles. The Kier molecular flexibility index (Phi) is 3.16. The van der Waals surface area contributed by atoms with Gasteiger partial charge in [-0.3, -0.25) is 0 Å². The molecule has 1 atom stereocenters. The highest BCUT2D eigenvalue weighted by atomic mass is 19.2. The van der Waals surface area contributed by atoms with Crippen molar-refractivity contribution in [1.29, 1.82) is 0 Å². The third-order valence-electron chi connectivity index (χ3n) is 3.95. The number of rotatable bonds is 2. The number of benzene rings is 2. The number of hydrogen-bond donors (Lipinski definition) is 0. The van der Waals surface area contributed by atoms with Gasteiger partial charge in [0.05, 0.1) is 0 Å². The molecule has 5 heteroatoms. The Morgan fingerprint density at radius 2 is 1.50 bits per heavy atom. The number of carbonyl (C=O) groups excluding carboxylic acids is 1. The van der Waals surface area contributed by atoms with E-state index in [-0.39, 0.29) is 5.56 Å². The topological polar surface area (TPSA) is 29.5 Å². The molecule has 3 nitrogen and oxygen atoms in total. The minimum atomic E-state index is -2.65. The smallest absolute Gasteiger partial charge is 0.436 e. The van der Waals surface area contributed by atoms with E-state index in [9.17, 15) is 9.28 Å². The molecule has 0 N–H and O–H groups in total. The molecule has 2 aromatic carbocycles. The molecule has 1 aliphatic heterocycles. The summed E-state index contributed by atoms with van der Waals surface area (Å²) in [6.45, 7) is 2.69. The van der Waals surface area contributed by atoms with Gasteiger partial charge in [0.25, 0.3) is 5.79 Å². The standard InChI is InChI=1S/C17H15F2NO2/c1-16(2)17(18,20(19)15(21)22-16)14-10-8-13(9-11-14)12-6-4-3-5-7-12/h3-11H,1-2H3. The predicted octanol–water partition coefficient (Wildman–Crippen LogP) is 4.59. The number of hydrogen-bond acceptors (Lipinski definition) is 2. The third kappa shape index (κ3) is 1.96. The number of cyclic esters (lactones) is 1. The van der Waals surface area contributed by atoms with Crippen LogP contribution in [0.4, 0.5) is 13.7 Å². The molecule has 22 heavy (non-hydrogen) atoms. The van der Waals surface area contributed by atoms with E-state index in [1.165, 1.54) is 26.0 Å². The van der Waals surface area contributed by atoms with E-state index < -0.39 is 22.6 Å². The average Bonchev–Trinajstić information content (AvgIpc) is 2.68. The highest BCUT2D eigenvalue weighted by Crippen LogP contribution is 2.48. The molecule has 0 radical (unpaired) electrons. The summed E-state index contributed by atoms with van der Waals surface area (Å²) in [7, 11) is 0. The van der Waals surface area contributed by atoms with Crippen LogP contribution in [-0.4, -0.2) is 16.8 Å². The summed E-state index contributed by atoms with van der Waals surface area (Å²) >= 11 is 0. The first kappa shape index (κ1) is 14.5. The summed E-state index contributed by atoms with van der Waals surface area (Å²) in [5.41, 5.74) is 0.261. The van der Waals surface area contributed by atoms with Gasteiger partial charge in [0.15, 0.2) is 5.60 Å². The van der Waals surface area contributed by atoms with Gasteiger partial charge in [0.1, 0.15) is 0 Å². The van der Waals surface area contributed by atoms with Crippen LogP contribution in [0.1, 0.15) is 19.4 Å². The van der Waals surface area contributed by atoms with Crippen LogP contribution in [0.2, 0.25) is 0 Å². The van der Waals surface area contributed by atoms with Crippen molar-refractivity contribution in [3.05, 3.63) is 60.2 Å². The third-order valence-corrected chi connectivity index (χ3v) is 3.95. The molecule has 2 aromatic rings. The largest absolute Gasteiger partial charge is 0.442 e. The van der Waals surface area contributed by atoms with Crippen LogP contribution in [0.15, 0.2) is 54.6 Å². The van der Waals surface area contributed by atoms with E-state index in [1.54, 1.807) is 12.1 Å². The fraction of sp³-hybridized carbons (Fsp3) is 0.235. The Labute approximate surface area is 127 Å². The van der Waals surface area contributed by atoms with Crippen LogP contribution in [-0.2, 0) is 10.5 Å². The summed E-state index contributed by atoms with van der Waals surface area (Å²) in [5.74, 6) is -2.65. The predicted molar refractivity (Wildman–Crippen MR) is 78.2 cm³/mol. The lowest BCUT2D eigenvalue weighted by Crippen LogP contribution is -2.46. The molecule has 1 amide bonds. The fourth-order valence-corrected chi connectivity index (χ4v) is 2.66. The zero-order valence-electron chi connectivity index (χ0n) is 12.2. The number of halogens is 2. The number of carbonyl (C=O) groups is 1. The van der Waals surface area contributed by atoms with E-state index in [1.807, 2.05) is 30.3 Å². The van der Waals surface area contributed by atoms with Crippen LogP contribution in [0, 0.1) is 0 Å². The fourth-order valence-electron chi connectivity index (χ4n) is 2.66. The van der Waals surface area contributed by atoms with Crippen LogP contribution in [0.25, 0.3) is 11.1 Å².